The monoisotopic (exact) mass is 456 g/mol. The Morgan fingerprint density at radius 2 is 1.88 bits per heavy atom. The zero-order valence-electron chi connectivity index (χ0n) is 18.9. The molecular weight excluding hydrogens is 432 g/mol. The summed E-state index contributed by atoms with van der Waals surface area (Å²) in [6, 6.07) is 15.5. The van der Waals surface area contributed by atoms with E-state index in [1.165, 1.54) is 5.06 Å². The number of amidine groups is 2. The lowest BCUT2D eigenvalue weighted by Crippen LogP contribution is -2.38. The standard InChI is InChI=1S/C26H24N4O4/c1-17-14-24-28-26(31)22(25(27)30(24)34-17)15-18-16-29(23-7-4-3-6-21(18)23)12-5-13-33-20-10-8-19(32-2)9-11-20/h3-4,6-11,14-16,27H,5,12-13H2,1-2H3/b22-15+,27-25?. The number of hydrogen-bond acceptors (Lipinski definition) is 5. The number of carbonyl (C=O) groups excluding carboxylic acids is 1. The highest BCUT2D eigenvalue weighted by Gasteiger charge is 2.34. The van der Waals surface area contributed by atoms with Crippen LogP contribution in [-0.2, 0) is 16.2 Å². The van der Waals surface area contributed by atoms with Gasteiger partial charge in [0.05, 0.1) is 19.3 Å². The molecule has 3 aromatic rings. The van der Waals surface area contributed by atoms with Crippen LogP contribution in [0.1, 0.15) is 18.9 Å². The van der Waals surface area contributed by atoms with Crippen LogP contribution in [0.3, 0.4) is 0 Å². The van der Waals surface area contributed by atoms with Gasteiger partial charge in [0.15, 0.2) is 11.7 Å². The van der Waals surface area contributed by atoms with Gasteiger partial charge in [-0.15, -0.1) is 5.06 Å². The molecule has 3 heterocycles. The van der Waals surface area contributed by atoms with Crippen LogP contribution in [0, 0.1) is 5.41 Å². The predicted molar refractivity (Wildman–Crippen MR) is 130 cm³/mol. The number of allylic oxidation sites excluding steroid dienone is 1. The average Bonchev–Trinajstić information content (AvgIpc) is 3.39. The van der Waals surface area contributed by atoms with Crippen LogP contribution in [0.25, 0.3) is 17.0 Å². The first-order chi connectivity index (χ1) is 16.5. The van der Waals surface area contributed by atoms with Crippen LogP contribution in [0.4, 0.5) is 0 Å². The van der Waals surface area contributed by atoms with Crippen LogP contribution < -0.4 is 9.47 Å². The van der Waals surface area contributed by atoms with Gasteiger partial charge in [-0.2, -0.15) is 4.99 Å². The molecule has 0 unspecified atom stereocenters. The Labute approximate surface area is 196 Å². The number of hydroxylamine groups is 2. The third kappa shape index (κ3) is 4.05. The minimum atomic E-state index is -0.449. The van der Waals surface area contributed by atoms with E-state index >= 15 is 0 Å². The van der Waals surface area contributed by atoms with Gasteiger partial charge in [-0.1, -0.05) is 18.2 Å². The Morgan fingerprint density at radius 3 is 2.68 bits per heavy atom. The van der Waals surface area contributed by atoms with Crippen molar-refractivity contribution in [3.8, 4) is 11.5 Å². The first-order valence-corrected chi connectivity index (χ1v) is 11.0. The van der Waals surface area contributed by atoms with Gasteiger partial charge in [0, 0.05) is 35.3 Å². The number of aryl methyl sites for hydroxylation is 1. The van der Waals surface area contributed by atoms with Gasteiger partial charge in [0.2, 0.25) is 0 Å². The van der Waals surface area contributed by atoms with Crippen LogP contribution in [0.2, 0.25) is 0 Å². The molecule has 0 aliphatic carbocycles. The molecule has 0 saturated carbocycles. The number of ether oxygens (including phenoxy) is 2. The summed E-state index contributed by atoms with van der Waals surface area (Å²) in [5.74, 6) is 2.05. The van der Waals surface area contributed by atoms with Crippen LogP contribution >= 0.6 is 0 Å². The largest absolute Gasteiger partial charge is 0.497 e. The van der Waals surface area contributed by atoms with Gasteiger partial charge in [-0.05, 0) is 49.8 Å². The normalized spacial score (nSPS) is 16.4. The highest BCUT2D eigenvalue weighted by Crippen LogP contribution is 2.28. The molecule has 0 radical (unpaired) electrons. The van der Waals surface area contributed by atoms with E-state index in [0.717, 1.165) is 40.9 Å². The van der Waals surface area contributed by atoms with Crippen molar-refractivity contribution >= 4 is 34.6 Å². The molecule has 0 bridgehead atoms. The third-order valence-electron chi connectivity index (χ3n) is 5.67. The fourth-order valence-electron chi connectivity index (χ4n) is 4.03. The molecule has 1 aromatic heterocycles. The summed E-state index contributed by atoms with van der Waals surface area (Å²) < 4.78 is 13.2. The number of carbonyl (C=O) groups is 1. The van der Waals surface area contributed by atoms with Crippen molar-refractivity contribution < 1.29 is 19.1 Å². The van der Waals surface area contributed by atoms with Crippen molar-refractivity contribution in [1.29, 1.82) is 5.41 Å². The first kappa shape index (κ1) is 21.5. The Kier molecular flexibility index (Phi) is 5.63. The lowest BCUT2D eigenvalue weighted by atomic mass is 10.1. The van der Waals surface area contributed by atoms with Gasteiger partial charge in [0.25, 0.3) is 5.91 Å². The lowest BCUT2D eigenvalue weighted by Gasteiger charge is -2.22. The van der Waals surface area contributed by atoms with Crippen LogP contribution in [0.15, 0.2) is 77.1 Å². The second-order valence-electron chi connectivity index (χ2n) is 7.99. The van der Waals surface area contributed by atoms with E-state index in [4.69, 9.17) is 19.7 Å². The van der Waals surface area contributed by atoms with Crippen LogP contribution in [-0.4, -0.2) is 40.9 Å². The smallest absolute Gasteiger partial charge is 0.282 e. The average molecular weight is 457 g/mol. The zero-order chi connectivity index (χ0) is 23.7. The number of methoxy groups -OCH3 is 1. The third-order valence-corrected chi connectivity index (χ3v) is 5.67. The van der Waals surface area contributed by atoms with Crippen molar-refractivity contribution in [2.45, 2.75) is 19.9 Å². The number of amides is 1. The fourth-order valence-corrected chi connectivity index (χ4v) is 4.03. The van der Waals surface area contributed by atoms with Gasteiger partial charge < -0.3 is 18.9 Å². The van der Waals surface area contributed by atoms with Gasteiger partial charge in [-0.3, -0.25) is 10.2 Å². The second kappa shape index (κ2) is 8.90. The SMILES string of the molecule is COc1ccc(OCCCn2cc(/C=C3\C(=N)N4OC(C)=CC4=NC3=O)c3ccccc32)cc1. The summed E-state index contributed by atoms with van der Waals surface area (Å²) >= 11 is 0. The maximum Gasteiger partial charge on any atom is 0.282 e. The Bertz CT molecular complexity index is 1370. The number of aliphatic imine (C=N–C) groups is 1. The minimum Gasteiger partial charge on any atom is -0.497 e. The lowest BCUT2D eigenvalue weighted by molar-refractivity contribution is -0.114. The topological polar surface area (TPSA) is 89.1 Å². The molecule has 5 rings (SSSR count). The maximum atomic E-state index is 12.6. The van der Waals surface area contributed by atoms with E-state index in [1.54, 1.807) is 26.2 Å². The molecule has 0 fully saturated rings. The van der Waals surface area contributed by atoms with E-state index in [0.29, 0.717) is 18.2 Å². The highest BCUT2D eigenvalue weighted by molar-refractivity contribution is 6.32. The van der Waals surface area contributed by atoms with Crippen molar-refractivity contribution in [2.75, 3.05) is 13.7 Å². The number of aromatic nitrogens is 1. The zero-order valence-corrected chi connectivity index (χ0v) is 18.9. The van der Waals surface area contributed by atoms with Crippen molar-refractivity contribution in [3.63, 3.8) is 0 Å². The predicted octanol–water partition coefficient (Wildman–Crippen LogP) is 4.57. The van der Waals surface area contributed by atoms with E-state index < -0.39 is 5.91 Å². The second-order valence-corrected chi connectivity index (χ2v) is 7.99. The fraction of sp³-hybridized carbons (Fsp3) is 0.192. The van der Waals surface area contributed by atoms with E-state index in [9.17, 15) is 4.79 Å². The number of fused-ring (bicyclic) bond motifs is 2. The molecule has 2 aromatic carbocycles. The molecule has 0 spiro atoms. The van der Waals surface area contributed by atoms with Gasteiger partial charge in [-0.25, -0.2) is 0 Å². The molecule has 2 aliphatic rings. The Hall–Kier alpha value is -4.33. The van der Waals surface area contributed by atoms with Crippen molar-refractivity contribution in [2.24, 2.45) is 4.99 Å². The van der Waals surface area contributed by atoms with Gasteiger partial charge in [0.1, 0.15) is 17.3 Å². The number of nitrogens with zero attached hydrogens (tertiary/aromatic N) is 3. The number of nitrogens with one attached hydrogen (secondary N) is 1. The first-order valence-electron chi connectivity index (χ1n) is 11.0. The maximum absolute atomic E-state index is 12.6. The summed E-state index contributed by atoms with van der Waals surface area (Å²) in [6.45, 7) is 3.06. The number of para-hydroxylation sites is 1. The minimum absolute atomic E-state index is 0.0205. The molecule has 0 saturated heterocycles. The number of benzene rings is 2. The summed E-state index contributed by atoms with van der Waals surface area (Å²) in [5.41, 5.74) is 2.09. The number of rotatable bonds is 7. The molecule has 2 aliphatic heterocycles. The molecule has 1 amide bonds. The molecule has 0 atom stereocenters. The van der Waals surface area contributed by atoms with E-state index in [-0.39, 0.29) is 11.4 Å². The summed E-state index contributed by atoms with van der Waals surface area (Å²) in [5, 5.41) is 10.7. The Morgan fingerprint density at radius 1 is 1.12 bits per heavy atom. The quantitative estimate of drug-likeness (QED) is 0.416. The summed E-state index contributed by atoms with van der Waals surface area (Å²) in [4.78, 5) is 22.2. The Balaban J connectivity index is 1.34. The molecule has 34 heavy (non-hydrogen) atoms. The number of hydrogen-bond donors (Lipinski definition) is 1. The molecule has 172 valence electrons. The molecular formula is C26H24N4O4. The molecule has 8 heteroatoms. The molecule has 1 N–H and O–H groups in total. The van der Waals surface area contributed by atoms with E-state index in [1.807, 2.05) is 54.7 Å². The summed E-state index contributed by atoms with van der Waals surface area (Å²) in [6.07, 6.45) is 6.16. The van der Waals surface area contributed by atoms with Crippen molar-refractivity contribution in [3.05, 3.63) is 77.7 Å². The summed E-state index contributed by atoms with van der Waals surface area (Å²) in [7, 11) is 1.64. The highest BCUT2D eigenvalue weighted by atomic mass is 16.7. The van der Waals surface area contributed by atoms with Crippen molar-refractivity contribution in [1.82, 2.24) is 9.63 Å². The van der Waals surface area contributed by atoms with Crippen LogP contribution in [0.5, 0.6) is 11.5 Å². The van der Waals surface area contributed by atoms with E-state index in [2.05, 4.69) is 9.56 Å². The van der Waals surface area contributed by atoms with Gasteiger partial charge >= 0.3 is 0 Å². The molecule has 8 nitrogen and oxygen atoms in total.